The minimum Gasteiger partial charge on any atom is -0.385 e. The van der Waals surface area contributed by atoms with Gasteiger partial charge in [0.25, 0.3) is 0 Å². The molecule has 1 aromatic carbocycles. The van der Waals surface area contributed by atoms with E-state index in [-0.39, 0.29) is 24.0 Å². The molecule has 2 aromatic rings. The first-order chi connectivity index (χ1) is 11.3. The molecule has 0 saturated carbocycles. The number of nitrogens with zero attached hydrogens (tertiary/aromatic N) is 1. The van der Waals surface area contributed by atoms with Crippen molar-refractivity contribution in [2.24, 2.45) is 4.99 Å². The van der Waals surface area contributed by atoms with Crippen molar-refractivity contribution >= 4 is 47.0 Å². The lowest BCUT2D eigenvalue weighted by Crippen LogP contribution is -2.39. The fourth-order valence-corrected chi connectivity index (χ4v) is 3.01. The van der Waals surface area contributed by atoms with Gasteiger partial charge in [-0.25, -0.2) is 0 Å². The van der Waals surface area contributed by atoms with Gasteiger partial charge in [-0.2, -0.15) is 0 Å². The molecule has 132 valence electrons. The molecular formula is C18H27IN4S. The van der Waals surface area contributed by atoms with E-state index >= 15 is 0 Å². The third-order valence-electron chi connectivity index (χ3n) is 3.58. The minimum absolute atomic E-state index is 0. The van der Waals surface area contributed by atoms with Gasteiger partial charge in [0.15, 0.2) is 5.96 Å². The van der Waals surface area contributed by atoms with E-state index in [4.69, 9.17) is 0 Å². The SMILES string of the molecule is CN=C(NCCCNc1ccccc1)NCC(C)c1cccs1.I. The van der Waals surface area contributed by atoms with E-state index in [0.29, 0.717) is 5.92 Å². The van der Waals surface area contributed by atoms with E-state index in [2.05, 4.69) is 57.5 Å². The summed E-state index contributed by atoms with van der Waals surface area (Å²) < 4.78 is 0. The zero-order chi connectivity index (χ0) is 16.3. The van der Waals surface area contributed by atoms with Crippen LogP contribution in [-0.4, -0.2) is 32.6 Å². The molecule has 0 aliphatic heterocycles. The lowest BCUT2D eigenvalue weighted by Gasteiger charge is -2.15. The lowest BCUT2D eigenvalue weighted by molar-refractivity contribution is 0.701. The molecule has 6 heteroatoms. The van der Waals surface area contributed by atoms with Crippen LogP contribution < -0.4 is 16.0 Å². The zero-order valence-corrected chi connectivity index (χ0v) is 17.4. The number of thiophene rings is 1. The van der Waals surface area contributed by atoms with Crippen LogP contribution in [0.1, 0.15) is 24.1 Å². The average molecular weight is 458 g/mol. The van der Waals surface area contributed by atoms with Gasteiger partial charge >= 0.3 is 0 Å². The van der Waals surface area contributed by atoms with E-state index in [0.717, 1.165) is 32.0 Å². The van der Waals surface area contributed by atoms with Crippen LogP contribution in [0.15, 0.2) is 52.8 Å². The largest absolute Gasteiger partial charge is 0.385 e. The van der Waals surface area contributed by atoms with Gasteiger partial charge in [-0.3, -0.25) is 4.99 Å². The predicted molar refractivity (Wildman–Crippen MR) is 117 cm³/mol. The van der Waals surface area contributed by atoms with Gasteiger partial charge in [0, 0.05) is 43.2 Å². The number of para-hydroxylation sites is 1. The maximum atomic E-state index is 4.27. The number of halogens is 1. The van der Waals surface area contributed by atoms with Crippen molar-refractivity contribution in [3.05, 3.63) is 52.7 Å². The Hall–Kier alpha value is -1.28. The van der Waals surface area contributed by atoms with Crippen LogP contribution in [0.4, 0.5) is 5.69 Å². The van der Waals surface area contributed by atoms with Gasteiger partial charge in [0.05, 0.1) is 0 Å². The predicted octanol–water partition coefficient (Wildman–Crippen LogP) is 4.14. The smallest absolute Gasteiger partial charge is 0.190 e. The second-order valence-corrected chi connectivity index (χ2v) is 6.42. The zero-order valence-electron chi connectivity index (χ0n) is 14.3. The summed E-state index contributed by atoms with van der Waals surface area (Å²) in [4.78, 5) is 5.68. The van der Waals surface area contributed by atoms with Crippen molar-refractivity contribution in [1.29, 1.82) is 0 Å². The molecule has 24 heavy (non-hydrogen) atoms. The summed E-state index contributed by atoms with van der Waals surface area (Å²) in [5.41, 5.74) is 1.17. The first kappa shape index (κ1) is 20.8. The maximum Gasteiger partial charge on any atom is 0.190 e. The molecule has 0 aliphatic rings. The van der Waals surface area contributed by atoms with E-state index in [9.17, 15) is 0 Å². The molecule has 0 amide bonds. The normalized spacial score (nSPS) is 12.2. The van der Waals surface area contributed by atoms with Crippen molar-refractivity contribution < 1.29 is 0 Å². The molecule has 1 aromatic heterocycles. The molecule has 3 N–H and O–H groups in total. The van der Waals surface area contributed by atoms with Crippen LogP contribution in [0.3, 0.4) is 0 Å². The Morgan fingerprint density at radius 2 is 1.88 bits per heavy atom. The van der Waals surface area contributed by atoms with Crippen LogP contribution in [0, 0.1) is 0 Å². The molecule has 1 atom stereocenters. The number of aliphatic imine (C=N–C) groups is 1. The molecule has 0 fully saturated rings. The highest BCUT2D eigenvalue weighted by atomic mass is 127. The summed E-state index contributed by atoms with van der Waals surface area (Å²) in [6, 6.07) is 14.6. The number of guanidine groups is 1. The highest BCUT2D eigenvalue weighted by Crippen LogP contribution is 2.19. The summed E-state index contributed by atoms with van der Waals surface area (Å²) in [5, 5.41) is 12.3. The average Bonchev–Trinajstić information content (AvgIpc) is 3.12. The summed E-state index contributed by atoms with van der Waals surface area (Å²) in [5.74, 6) is 1.36. The molecule has 0 bridgehead atoms. The molecule has 1 heterocycles. The van der Waals surface area contributed by atoms with E-state index in [1.54, 1.807) is 11.3 Å². The number of hydrogen-bond donors (Lipinski definition) is 3. The Morgan fingerprint density at radius 3 is 2.54 bits per heavy atom. The summed E-state index contributed by atoms with van der Waals surface area (Å²) in [6.07, 6.45) is 1.04. The molecule has 0 radical (unpaired) electrons. The van der Waals surface area contributed by atoms with Crippen molar-refractivity contribution in [2.75, 3.05) is 32.0 Å². The molecule has 0 saturated heterocycles. The standard InChI is InChI=1S/C18H26N4S.HI/c1-15(17-10-6-13-23-17)14-22-18(19-2)21-12-7-11-20-16-8-4-3-5-9-16;/h3-6,8-10,13,15,20H,7,11-12,14H2,1-2H3,(H2,19,21,22);1H. The summed E-state index contributed by atoms with van der Waals surface area (Å²) in [7, 11) is 1.81. The number of hydrogen-bond acceptors (Lipinski definition) is 3. The Labute approximate surface area is 166 Å². The molecule has 0 aliphatic carbocycles. The Kier molecular flexibility index (Phi) is 10.5. The summed E-state index contributed by atoms with van der Waals surface area (Å²) >= 11 is 1.80. The highest BCUT2D eigenvalue weighted by Gasteiger charge is 2.07. The Balaban J connectivity index is 0.00000288. The molecule has 4 nitrogen and oxygen atoms in total. The second kappa shape index (κ2) is 12.1. The third-order valence-corrected chi connectivity index (χ3v) is 4.68. The first-order valence-corrected chi connectivity index (χ1v) is 8.94. The van der Waals surface area contributed by atoms with Gasteiger partial charge in [-0.05, 0) is 30.0 Å². The van der Waals surface area contributed by atoms with Crippen molar-refractivity contribution in [1.82, 2.24) is 10.6 Å². The van der Waals surface area contributed by atoms with Crippen LogP contribution in [0.5, 0.6) is 0 Å². The van der Waals surface area contributed by atoms with E-state index in [1.807, 2.05) is 25.2 Å². The van der Waals surface area contributed by atoms with E-state index < -0.39 is 0 Å². The fourth-order valence-electron chi connectivity index (χ4n) is 2.23. The van der Waals surface area contributed by atoms with Gasteiger partial charge < -0.3 is 16.0 Å². The molecule has 1 unspecified atom stereocenters. The third kappa shape index (κ3) is 7.53. The van der Waals surface area contributed by atoms with Crippen LogP contribution in [0.25, 0.3) is 0 Å². The van der Waals surface area contributed by atoms with Crippen LogP contribution in [0.2, 0.25) is 0 Å². The Morgan fingerprint density at radius 1 is 1.08 bits per heavy atom. The van der Waals surface area contributed by atoms with Crippen molar-refractivity contribution in [3.8, 4) is 0 Å². The minimum atomic E-state index is 0. The second-order valence-electron chi connectivity index (χ2n) is 5.44. The maximum absolute atomic E-state index is 4.27. The number of nitrogens with one attached hydrogen (secondary N) is 3. The van der Waals surface area contributed by atoms with E-state index in [1.165, 1.54) is 10.6 Å². The number of benzene rings is 1. The molecule has 2 rings (SSSR count). The number of rotatable bonds is 8. The van der Waals surface area contributed by atoms with Crippen molar-refractivity contribution in [3.63, 3.8) is 0 Å². The molecular weight excluding hydrogens is 431 g/mol. The quantitative estimate of drug-likeness (QED) is 0.241. The van der Waals surface area contributed by atoms with Crippen LogP contribution in [-0.2, 0) is 0 Å². The lowest BCUT2D eigenvalue weighted by atomic mass is 10.1. The monoisotopic (exact) mass is 458 g/mol. The number of anilines is 1. The highest BCUT2D eigenvalue weighted by molar-refractivity contribution is 14.0. The molecule has 0 spiro atoms. The van der Waals surface area contributed by atoms with Crippen molar-refractivity contribution in [2.45, 2.75) is 19.3 Å². The van der Waals surface area contributed by atoms with Gasteiger partial charge in [-0.15, -0.1) is 35.3 Å². The van der Waals surface area contributed by atoms with Gasteiger partial charge in [-0.1, -0.05) is 31.2 Å². The fraction of sp³-hybridized carbons (Fsp3) is 0.389. The first-order valence-electron chi connectivity index (χ1n) is 8.06. The topological polar surface area (TPSA) is 48.5 Å². The van der Waals surface area contributed by atoms with Crippen LogP contribution >= 0.6 is 35.3 Å². The Bertz CT molecular complexity index is 572. The van der Waals surface area contributed by atoms with Gasteiger partial charge in [0.1, 0.15) is 0 Å². The summed E-state index contributed by atoms with van der Waals surface area (Å²) in [6.45, 7) is 4.96. The van der Waals surface area contributed by atoms with Gasteiger partial charge in [0.2, 0.25) is 0 Å².